The van der Waals surface area contributed by atoms with E-state index in [4.69, 9.17) is 0 Å². The lowest BCUT2D eigenvalue weighted by molar-refractivity contribution is -0.144. The van der Waals surface area contributed by atoms with Crippen molar-refractivity contribution in [2.75, 3.05) is 7.11 Å². The average Bonchev–Trinajstić information content (AvgIpc) is 2.46. The van der Waals surface area contributed by atoms with Gasteiger partial charge in [-0.1, -0.05) is 28.1 Å². The van der Waals surface area contributed by atoms with Crippen LogP contribution < -0.4 is 16.4 Å². The normalized spacial score (nSPS) is 22.4. The van der Waals surface area contributed by atoms with Gasteiger partial charge in [0.05, 0.1) is 13.2 Å². The van der Waals surface area contributed by atoms with Gasteiger partial charge in [0.15, 0.2) is 0 Å². The summed E-state index contributed by atoms with van der Waals surface area (Å²) < 4.78 is 5.43. The van der Waals surface area contributed by atoms with Crippen molar-refractivity contribution in [1.82, 2.24) is 21.5 Å². The van der Waals surface area contributed by atoms with Gasteiger partial charge in [-0.3, -0.25) is 4.79 Å². The fraction of sp³-hybridized carbons (Fsp3) is 0.273. The first-order chi connectivity index (χ1) is 9.52. The number of hydrogen-bond acceptors (Lipinski definition) is 6. The fourth-order valence-electron chi connectivity index (χ4n) is 1.79. The lowest BCUT2D eigenvalue weighted by Gasteiger charge is -2.37. The SMILES string of the molecule is COC(=O)N1NNC(C(=O)O)C(c2ccc(Br)cc2)N1. The molecule has 0 aromatic heterocycles. The first kappa shape index (κ1) is 14.7. The van der Waals surface area contributed by atoms with Crippen LogP contribution in [-0.4, -0.2) is 35.4 Å². The quantitative estimate of drug-likeness (QED) is 0.620. The second-order valence-corrected chi connectivity index (χ2v) is 4.95. The van der Waals surface area contributed by atoms with Crippen molar-refractivity contribution in [3.63, 3.8) is 0 Å². The molecule has 1 saturated heterocycles. The van der Waals surface area contributed by atoms with Gasteiger partial charge < -0.3 is 9.84 Å². The van der Waals surface area contributed by atoms with E-state index in [0.29, 0.717) is 5.56 Å². The molecule has 1 aliphatic heterocycles. The Balaban J connectivity index is 2.25. The van der Waals surface area contributed by atoms with Crippen LogP contribution in [0.15, 0.2) is 28.7 Å². The number of carboxylic acids is 1. The summed E-state index contributed by atoms with van der Waals surface area (Å²) in [5, 5.41) is 10.2. The molecule has 2 atom stereocenters. The maximum absolute atomic E-state index is 11.5. The Labute approximate surface area is 123 Å². The van der Waals surface area contributed by atoms with Crippen LogP contribution >= 0.6 is 15.9 Å². The van der Waals surface area contributed by atoms with Crippen molar-refractivity contribution in [1.29, 1.82) is 0 Å². The summed E-state index contributed by atoms with van der Waals surface area (Å²) >= 11 is 3.31. The van der Waals surface area contributed by atoms with Crippen LogP contribution in [0.25, 0.3) is 0 Å². The Morgan fingerprint density at radius 2 is 2.00 bits per heavy atom. The number of rotatable bonds is 2. The van der Waals surface area contributed by atoms with Gasteiger partial charge in [0.25, 0.3) is 0 Å². The molecule has 0 radical (unpaired) electrons. The van der Waals surface area contributed by atoms with E-state index in [2.05, 4.69) is 37.1 Å². The summed E-state index contributed by atoms with van der Waals surface area (Å²) in [6.07, 6.45) is -0.691. The standard InChI is InChI=1S/C11H13BrN4O4/c1-20-11(19)16-14-8(9(10(17)18)13-15-16)6-2-4-7(12)5-3-6/h2-5,8-9,13-15H,1H3,(H,17,18). The first-order valence-electron chi connectivity index (χ1n) is 5.66. The zero-order chi connectivity index (χ0) is 14.7. The van der Waals surface area contributed by atoms with E-state index in [0.717, 1.165) is 9.59 Å². The molecule has 1 fully saturated rings. The molecule has 1 aromatic carbocycles. The summed E-state index contributed by atoms with van der Waals surface area (Å²) in [7, 11) is 1.23. The van der Waals surface area contributed by atoms with Crippen molar-refractivity contribution in [2.45, 2.75) is 12.1 Å². The predicted octanol–water partition coefficient (Wildman–Crippen LogP) is 0.539. The van der Waals surface area contributed by atoms with Crippen molar-refractivity contribution < 1.29 is 19.4 Å². The molecule has 2 unspecified atom stereocenters. The number of nitrogens with one attached hydrogen (secondary N) is 3. The number of hydrazine groups is 3. The number of aliphatic carboxylic acids is 1. The summed E-state index contributed by atoms with van der Waals surface area (Å²) in [6, 6.07) is 5.53. The van der Waals surface area contributed by atoms with Crippen molar-refractivity contribution >= 4 is 28.0 Å². The van der Waals surface area contributed by atoms with Crippen LogP contribution in [0.1, 0.15) is 11.6 Å². The van der Waals surface area contributed by atoms with Gasteiger partial charge in [-0.15, -0.1) is 5.53 Å². The molecule has 0 spiro atoms. The number of amides is 1. The fourth-order valence-corrected chi connectivity index (χ4v) is 2.06. The van der Waals surface area contributed by atoms with Crippen LogP contribution in [0.2, 0.25) is 0 Å². The molecule has 0 bridgehead atoms. The Kier molecular flexibility index (Phi) is 4.55. The smallest absolute Gasteiger partial charge is 0.440 e. The molecule has 0 aliphatic carbocycles. The predicted molar refractivity (Wildman–Crippen MR) is 72.0 cm³/mol. The number of methoxy groups -OCH3 is 1. The number of carboxylic acid groups (broad SMARTS) is 1. The average molecular weight is 345 g/mol. The molecule has 0 saturated carbocycles. The van der Waals surface area contributed by atoms with Crippen LogP contribution in [-0.2, 0) is 9.53 Å². The monoisotopic (exact) mass is 344 g/mol. The third-order valence-corrected chi connectivity index (χ3v) is 3.31. The maximum atomic E-state index is 11.5. The highest BCUT2D eigenvalue weighted by Gasteiger charge is 2.36. The van der Waals surface area contributed by atoms with Gasteiger partial charge in [0, 0.05) is 4.47 Å². The van der Waals surface area contributed by atoms with Gasteiger partial charge >= 0.3 is 12.1 Å². The van der Waals surface area contributed by atoms with E-state index in [1.807, 2.05) is 0 Å². The van der Waals surface area contributed by atoms with Crippen molar-refractivity contribution in [3.8, 4) is 0 Å². The van der Waals surface area contributed by atoms with Gasteiger partial charge in [-0.2, -0.15) is 5.12 Å². The van der Waals surface area contributed by atoms with E-state index >= 15 is 0 Å². The number of ether oxygens (including phenoxy) is 1. The van der Waals surface area contributed by atoms with E-state index < -0.39 is 24.1 Å². The minimum absolute atomic E-state index is 0.638. The van der Waals surface area contributed by atoms with Gasteiger partial charge in [0.1, 0.15) is 6.04 Å². The van der Waals surface area contributed by atoms with Crippen molar-refractivity contribution in [3.05, 3.63) is 34.3 Å². The lowest BCUT2D eigenvalue weighted by Crippen LogP contribution is -2.69. The third-order valence-electron chi connectivity index (χ3n) is 2.79. The van der Waals surface area contributed by atoms with Gasteiger partial charge in [0.2, 0.25) is 0 Å². The van der Waals surface area contributed by atoms with Crippen LogP contribution in [0.4, 0.5) is 4.79 Å². The molecule has 9 heteroatoms. The van der Waals surface area contributed by atoms with E-state index in [-0.39, 0.29) is 0 Å². The minimum atomic E-state index is -1.05. The summed E-state index contributed by atoms with van der Waals surface area (Å²) in [6.45, 7) is 0. The molecule has 20 heavy (non-hydrogen) atoms. The summed E-state index contributed by atoms with van der Waals surface area (Å²) in [4.78, 5) is 22.7. The van der Waals surface area contributed by atoms with E-state index in [1.54, 1.807) is 24.3 Å². The van der Waals surface area contributed by atoms with Crippen molar-refractivity contribution in [2.24, 2.45) is 0 Å². The number of carbonyl (C=O) groups is 2. The molecule has 1 amide bonds. The van der Waals surface area contributed by atoms with Crippen LogP contribution in [0.3, 0.4) is 0 Å². The second kappa shape index (κ2) is 6.18. The number of carbonyl (C=O) groups excluding carboxylic acids is 1. The Morgan fingerprint density at radius 3 is 2.55 bits per heavy atom. The van der Waals surface area contributed by atoms with Gasteiger partial charge in [-0.25, -0.2) is 15.6 Å². The Bertz CT molecular complexity index is 510. The topological polar surface area (TPSA) is 103 Å². The van der Waals surface area contributed by atoms with E-state index in [1.165, 1.54) is 7.11 Å². The molecule has 4 N–H and O–H groups in total. The van der Waals surface area contributed by atoms with Crippen LogP contribution in [0, 0.1) is 0 Å². The molecule has 1 aromatic rings. The maximum Gasteiger partial charge on any atom is 0.440 e. The highest BCUT2D eigenvalue weighted by atomic mass is 79.9. The van der Waals surface area contributed by atoms with Gasteiger partial charge in [-0.05, 0) is 17.7 Å². The molecule has 1 aliphatic rings. The Morgan fingerprint density at radius 1 is 1.35 bits per heavy atom. The Hall–Kier alpha value is -1.68. The first-order valence-corrected chi connectivity index (χ1v) is 6.46. The highest BCUT2D eigenvalue weighted by Crippen LogP contribution is 2.22. The zero-order valence-electron chi connectivity index (χ0n) is 10.5. The highest BCUT2D eigenvalue weighted by molar-refractivity contribution is 9.10. The lowest BCUT2D eigenvalue weighted by atomic mass is 10.00. The number of nitrogens with zero attached hydrogens (tertiary/aromatic N) is 1. The second-order valence-electron chi connectivity index (χ2n) is 4.04. The number of halogens is 1. The largest absolute Gasteiger partial charge is 0.480 e. The summed E-state index contributed by atoms with van der Waals surface area (Å²) in [5.74, 6) is -1.05. The number of benzene rings is 1. The number of hydrogen-bond donors (Lipinski definition) is 4. The molecule has 2 rings (SSSR count). The molecule has 1 heterocycles. The molecule has 108 valence electrons. The minimum Gasteiger partial charge on any atom is -0.480 e. The van der Waals surface area contributed by atoms with Crippen LogP contribution in [0.5, 0.6) is 0 Å². The molecule has 8 nitrogen and oxygen atoms in total. The summed E-state index contributed by atoms with van der Waals surface area (Å²) in [5.41, 5.74) is 8.44. The zero-order valence-corrected chi connectivity index (χ0v) is 12.0. The molecular formula is C11H13BrN4O4. The van der Waals surface area contributed by atoms with E-state index in [9.17, 15) is 14.7 Å². The molecular weight excluding hydrogens is 332 g/mol. The third kappa shape index (κ3) is 3.07.